The summed E-state index contributed by atoms with van der Waals surface area (Å²) in [6, 6.07) is 2.25. The zero-order chi connectivity index (χ0) is 19.3. The molecule has 0 aromatic carbocycles. The number of nitrogens with zero attached hydrogens (tertiary/aromatic N) is 1. The number of carbonyl (C=O) groups is 1. The molecule has 0 saturated heterocycles. The summed E-state index contributed by atoms with van der Waals surface area (Å²) >= 11 is 0. The largest absolute Gasteiger partial charge is 0.444 e. The van der Waals surface area contributed by atoms with E-state index in [1.807, 2.05) is 20.8 Å². The number of nitrogens with one attached hydrogen (secondary N) is 2. The first-order valence-corrected chi connectivity index (χ1v) is 9.45. The van der Waals surface area contributed by atoms with Gasteiger partial charge in [0.05, 0.1) is 0 Å². The lowest BCUT2D eigenvalue weighted by molar-refractivity contribution is 0.0507. The molecule has 0 aliphatic carbocycles. The molecule has 1 aromatic heterocycles. The van der Waals surface area contributed by atoms with Gasteiger partial charge in [-0.1, -0.05) is 13.8 Å². The van der Waals surface area contributed by atoms with Crippen LogP contribution in [-0.2, 0) is 17.8 Å². The van der Waals surface area contributed by atoms with E-state index in [9.17, 15) is 4.79 Å². The maximum absolute atomic E-state index is 12.0. The van der Waals surface area contributed by atoms with E-state index in [0.717, 1.165) is 25.9 Å². The number of hydrogen-bond donors (Lipinski definition) is 2. The first kappa shape index (κ1) is 21.6. The van der Waals surface area contributed by atoms with E-state index in [2.05, 4.69) is 55.9 Å². The molecule has 0 saturated carbocycles. The van der Waals surface area contributed by atoms with E-state index in [1.54, 1.807) is 0 Å². The van der Waals surface area contributed by atoms with E-state index in [1.165, 1.54) is 17.0 Å². The quantitative estimate of drug-likeness (QED) is 0.734. The molecule has 2 N–H and O–H groups in total. The minimum atomic E-state index is -0.476. The lowest BCUT2D eigenvalue weighted by Crippen LogP contribution is -2.53. The van der Waals surface area contributed by atoms with Gasteiger partial charge >= 0.3 is 6.09 Å². The summed E-state index contributed by atoms with van der Waals surface area (Å²) in [6.07, 6.45) is 1.52. The summed E-state index contributed by atoms with van der Waals surface area (Å²) in [5.74, 6) is 0. The monoisotopic (exact) mass is 351 g/mol. The van der Waals surface area contributed by atoms with Crippen LogP contribution >= 0.6 is 0 Å². The van der Waals surface area contributed by atoms with Crippen molar-refractivity contribution in [3.8, 4) is 0 Å². The summed E-state index contributed by atoms with van der Waals surface area (Å²) in [4.78, 5) is 12.0. The van der Waals surface area contributed by atoms with Crippen LogP contribution in [0.2, 0.25) is 0 Å². The van der Waals surface area contributed by atoms with Crippen molar-refractivity contribution in [2.24, 2.45) is 0 Å². The molecule has 0 aliphatic heterocycles. The SMILES string of the molecule is CCn1c(C)cc(CNC(CC)(CC)CNC(=O)OC(C)(C)C)c1C. The fourth-order valence-electron chi connectivity index (χ4n) is 3.19. The molecule has 0 spiro atoms. The van der Waals surface area contributed by atoms with Crippen molar-refractivity contribution in [1.82, 2.24) is 15.2 Å². The van der Waals surface area contributed by atoms with Gasteiger partial charge in [-0.3, -0.25) is 0 Å². The number of ether oxygens (including phenoxy) is 1. The van der Waals surface area contributed by atoms with Crippen LogP contribution in [0, 0.1) is 13.8 Å². The minimum Gasteiger partial charge on any atom is -0.444 e. The van der Waals surface area contributed by atoms with Gasteiger partial charge in [-0.2, -0.15) is 0 Å². The van der Waals surface area contributed by atoms with E-state index in [-0.39, 0.29) is 11.6 Å². The van der Waals surface area contributed by atoms with Crippen LogP contribution < -0.4 is 10.6 Å². The Morgan fingerprint density at radius 2 is 1.76 bits per heavy atom. The van der Waals surface area contributed by atoms with Crippen molar-refractivity contribution in [3.63, 3.8) is 0 Å². The van der Waals surface area contributed by atoms with Crippen LogP contribution in [0.4, 0.5) is 4.79 Å². The maximum atomic E-state index is 12.0. The van der Waals surface area contributed by atoms with Crippen LogP contribution in [0.15, 0.2) is 6.07 Å². The minimum absolute atomic E-state index is 0.133. The predicted octanol–water partition coefficient (Wildman–Crippen LogP) is 4.30. The highest BCUT2D eigenvalue weighted by Crippen LogP contribution is 2.19. The molecule has 0 radical (unpaired) electrons. The first-order valence-electron chi connectivity index (χ1n) is 9.45. The van der Waals surface area contributed by atoms with Gasteiger partial charge in [-0.25, -0.2) is 4.79 Å². The molecule has 5 heteroatoms. The average molecular weight is 352 g/mol. The van der Waals surface area contributed by atoms with Gasteiger partial charge in [-0.15, -0.1) is 0 Å². The molecule has 0 unspecified atom stereocenters. The topological polar surface area (TPSA) is 55.3 Å². The van der Waals surface area contributed by atoms with Crippen LogP contribution in [0.1, 0.15) is 71.3 Å². The van der Waals surface area contributed by atoms with Crippen molar-refractivity contribution < 1.29 is 9.53 Å². The number of amides is 1. The fraction of sp³-hybridized carbons (Fsp3) is 0.750. The highest BCUT2D eigenvalue weighted by atomic mass is 16.6. The number of hydrogen-bond acceptors (Lipinski definition) is 3. The van der Waals surface area contributed by atoms with Crippen molar-refractivity contribution in [2.45, 2.75) is 92.5 Å². The predicted molar refractivity (Wildman–Crippen MR) is 104 cm³/mol. The highest BCUT2D eigenvalue weighted by molar-refractivity contribution is 5.67. The van der Waals surface area contributed by atoms with E-state index in [4.69, 9.17) is 4.74 Å². The summed E-state index contributed by atoms with van der Waals surface area (Å²) in [6.45, 7) is 18.8. The lowest BCUT2D eigenvalue weighted by Gasteiger charge is -2.34. The zero-order valence-electron chi connectivity index (χ0n) is 17.4. The Kier molecular flexibility index (Phi) is 7.54. The van der Waals surface area contributed by atoms with Crippen molar-refractivity contribution >= 4 is 6.09 Å². The fourth-order valence-corrected chi connectivity index (χ4v) is 3.19. The van der Waals surface area contributed by atoms with Gasteiger partial charge in [0.25, 0.3) is 0 Å². The third kappa shape index (κ3) is 6.07. The van der Waals surface area contributed by atoms with Gasteiger partial charge in [0, 0.05) is 36.6 Å². The molecule has 1 aromatic rings. The Bertz CT molecular complexity index is 566. The average Bonchev–Trinajstić information content (AvgIpc) is 2.80. The standard InChI is InChI=1S/C20H37N3O2/c1-9-20(10-2,14-21-18(24)25-19(6,7)8)22-13-17-12-15(4)23(11-3)16(17)5/h12,22H,9-11,13-14H2,1-8H3,(H,21,24). The third-order valence-electron chi connectivity index (χ3n) is 4.97. The molecular formula is C20H37N3O2. The number of alkyl carbamates (subject to hydrolysis) is 1. The molecule has 0 atom stereocenters. The van der Waals surface area contributed by atoms with E-state index in [0.29, 0.717) is 6.54 Å². The van der Waals surface area contributed by atoms with Crippen LogP contribution in [0.5, 0.6) is 0 Å². The zero-order valence-corrected chi connectivity index (χ0v) is 17.4. The Morgan fingerprint density at radius 1 is 1.16 bits per heavy atom. The Morgan fingerprint density at radius 3 is 2.20 bits per heavy atom. The smallest absolute Gasteiger partial charge is 0.407 e. The molecule has 5 nitrogen and oxygen atoms in total. The van der Waals surface area contributed by atoms with Gasteiger partial charge in [-0.05, 0) is 66.0 Å². The summed E-state index contributed by atoms with van der Waals surface area (Å²) in [5, 5.41) is 6.62. The van der Waals surface area contributed by atoms with Gasteiger partial charge in [0.2, 0.25) is 0 Å². The molecule has 0 aliphatic rings. The molecular weight excluding hydrogens is 314 g/mol. The van der Waals surface area contributed by atoms with E-state index < -0.39 is 5.60 Å². The number of aryl methyl sites for hydroxylation is 1. The third-order valence-corrected chi connectivity index (χ3v) is 4.97. The summed E-state index contributed by atoms with van der Waals surface area (Å²) in [5.41, 5.74) is 3.32. The van der Waals surface area contributed by atoms with Gasteiger partial charge < -0.3 is 19.9 Å². The van der Waals surface area contributed by atoms with Gasteiger partial charge in [0.1, 0.15) is 5.60 Å². The van der Waals surface area contributed by atoms with Crippen LogP contribution in [0.3, 0.4) is 0 Å². The summed E-state index contributed by atoms with van der Waals surface area (Å²) in [7, 11) is 0. The van der Waals surface area contributed by atoms with Crippen molar-refractivity contribution in [2.75, 3.05) is 6.54 Å². The lowest BCUT2D eigenvalue weighted by atomic mass is 9.92. The van der Waals surface area contributed by atoms with Crippen LogP contribution in [-0.4, -0.2) is 28.3 Å². The highest BCUT2D eigenvalue weighted by Gasteiger charge is 2.27. The number of aromatic nitrogens is 1. The maximum Gasteiger partial charge on any atom is 0.407 e. The molecule has 25 heavy (non-hydrogen) atoms. The van der Waals surface area contributed by atoms with Gasteiger partial charge in [0.15, 0.2) is 0 Å². The molecule has 0 fully saturated rings. The molecule has 1 heterocycles. The Hall–Kier alpha value is -1.49. The van der Waals surface area contributed by atoms with Crippen LogP contribution in [0.25, 0.3) is 0 Å². The van der Waals surface area contributed by atoms with E-state index >= 15 is 0 Å². The normalized spacial score (nSPS) is 12.3. The Balaban J connectivity index is 2.74. The second kappa shape index (κ2) is 8.75. The number of carbonyl (C=O) groups excluding carboxylic acids is 1. The van der Waals surface area contributed by atoms with Crippen molar-refractivity contribution in [1.29, 1.82) is 0 Å². The first-order chi connectivity index (χ1) is 11.6. The number of rotatable bonds is 8. The second-order valence-electron chi connectivity index (χ2n) is 7.84. The molecule has 1 rings (SSSR count). The Labute approximate surface area is 153 Å². The second-order valence-corrected chi connectivity index (χ2v) is 7.84. The van der Waals surface area contributed by atoms with Crippen molar-refractivity contribution in [3.05, 3.63) is 23.0 Å². The molecule has 0 bridgehead atoms. The molecule has 1 amide bonds. The molecule has 144 valence electrons. The summed E-state index contributed by atoms with van der Waals surface area (Å²) < 4.78 is 7.69.